The summed E-state index contributed by atoms with van der Waals surface area (Å²) in [5.41, 5.74) is 0. The van der Waals surface area contributed by atoms with Gasteiger partial charge in [0.15, 0.2) is 4.34 Å². The van der Waals surface area contributed by atoms with Gasteiger partial charge in [-0.2, -0.15) is 0 Å². The molecule has 0 aliphatic heterocycles. The van der Waals surface area contributed by atoms with Crippen molar-refractivity contribution in [2.75, 3.05) is 23.9 Å². The van der Waals surface area contributed by atoms with Crippen molar-refractivity contribution in [2.45, 2.75) is 37.1 Å². The minimum atomic E-state index is 0.0551. The third-order valence-electron chi connectivity index (χ3n) is 2.51. The first kappa shape index (κ1) is 13.8. The predicted octanol–water partition coefficient (Wildman–Crippen LogP) is 2.18. The second-order valence-corrected chi connectivity index (χ2v) is 6.31. The molecule has 0 unspecified atom stereocenters. The third kappa shape index (κ3) is 3.66. The van der Waals surface area contributed by atoms with Gasteiger partial charge in [0.2, 0.25) is 11.0 Å². The summed E-state index contributed by atoms with van der Waals surface area (Å²) in [6.07, 6.45) is 2.15. The molecule has 7 heteroatoms. The van der Waals surface area contributed by atoms with E-state index in [0.29, 0.717) is 6.04 Å². The summed E-state index contributed by atoms with van der Waals surface area (Å²) >= 11 is 3.11. The Morgan fingerprint density at radius 1 is 1.56 bits per heavy atom. The summed E-state index contributed by atoms with van der Waals surface area (Å²) in [7, 11) is 0. The van der Waals surface area contributed by atoms with E-state index >= 15 is 0 Å². The SMILES string of the molecule is CCOCCSc1nnc(N(C(C)=O)C2CC2)s1. The van der Waals surface area contributed by atoms with Crippen molar-refractivity contribution in [3.63, 3.8) is 0 Å². The standard InChI is InChI=1S/C11H17N3O2S2/c1-3-16-6-7-17-11-13-12-10(18-11)14(8(2)15)9-4-5-9/h9H,3-7H2,1-2H3. The number of ether oxygens (including phenoxy) is 1. The Bertz CT molecular complexity index is 407. The number of carbonyl (C=O) groups is 1. The third-order valence-corrected chi connectivity index (χ3v) is 4.53. The van der Waals surface area contributed by atoms with Gasteiger partial charge in [-0.15, -0.1) is 10.2 Å². The minimum Gasteiger partial charge on any atom is -0.381 e. The van der Waals surface area contributed by atoms with Gasteiger partial charge in [-0.1, -0.05) is 23.1 Å². The van der Waals surface area contributed by atoms with Crippen molar-refractivity contribution in [1.29, 1.82) is 0 Å². The summed E-state index contributed by atoms with van der Waals surface area (Å²) in [4.78, 5) is 13.3. The zero-order valence-electron chi connectivity index (χ0n) is 10.6. The second-order valence-electron chi connectivity index (χ2n) is 4.02. The molecule has 2 rings (SSSR count). The van der Waals surface area contributed by atoms with Crippen LogP contribution in [0.15, 0.2) is 4.34 Å². The summed E-state index contributed by atoms with van der Waals surface area (Å²) in [6, 6.07) is 0.344. The summed E-state index contributed by atoms with van der Waals surface area (Å²) in [5.74, 6) is 0.922. The normalized spacial score (nSPS) is 14.8. The van der Waals surface area contributed by atoms with Crippen LogP contribution in [0.4, 0.5) is 5.13 Å². The molecule has 0 atom stereocenters. The molecule has 5 nitrogen and oxygen atoms in total. The molecule has 1 heterocycles. The number of hydrogen-bond donors (Lipinski definition) is 0. The molecular weight excluding hydrogens is 270 g/mol. The van der Waals surface area contributed by atoms with Gasteiger partial charge >= 0.3 is 0 Å². The Labute approximate surface area is 115 Å². The molecule has 0 aromatic carbocycles. The van der Waals surface area contributed by atoms with Crippen LogP contribution in [0.5, 0.6) is 0 Å². The molecule has 0 saturated heterocycles. The van der Waals surface area contributed by atoms with Crippen molar-refractivity contribution in [2.24, 2.45) is 0 Å². The molecule has 1 aromatic heterocycles. The van der Waals surface area contributed by atoms with Crippen molar-refractivity contribution >= 4 is 34.1 Å². The maximum Gasteiger partial charge on any atom is 0.225 e. The number of amides is 1. The largest absolute Gasteiger partial charge is 0.381 e. The highest BCUT2D eigenvalue weighted by Crippen LogP contribution is 2.35. The van der Waals surface area contributed by atoms with Crippen LogP contribution in [0.1, 0.15) is 26.7 Å². The highest BCUT2D eigenvalue weighted by molar-refractivity contribution is 8.01. The molecule has 18 heavy (non-hydrogen) atoms. The van der Waals surface area contributed by atoms with Crippen LogP contribution < -0.4 is 4.90 Å². The van der Waals surface area contributed by atoms with Gasteiger partial charge in [0.05, 0.1) is 6.61 Å². The van der Waals surface area contributed by atoms with Crippen LogP contribution in [-0.4, -0.2) is 41.1 Å². The highest BCUT2D eigenvalue weighted by atomic mass is 32.2. The first-order valence-corrected chi connectivity index (χ1v) is 7.86. The Balaban J connectivity index is 1.90. The maximum atomic E-state index is 11.6. The van der Waals surface area contributed by atoms with E-state index in [1.54, 1.807) is 23.6 Å². The van der Waals surface area contributed by atoms with E-state index in [4.69, 9.17) is 4.74 Å². The number of hydrogen-bond acceptors (Lipinski definition) is 6. The van der Waals surface area contributed by atoms with Crippen LogP contribution in [0.2, 0.25) is 0 Å². The lowest BCUT2D eigenvalue weighted by Gasteiger charge is -2.15. The lowest BCUT2D eigenvalue weighted by molar-refractivity contribution is -0.116. The Morgan fingerprint density at radius 3 is 2.94 bits per heavy atom. The van der Waals surface area contributed by atoms with E-state index in [9.17, 15) is 4.79 Å². The van der Waals surface area contributed by atoms with Gasteiger partial charge in [0, 0.05) is 25.3 Å². The second kappa shape index (κ2) is 6.49. The quantitative estimate of drug-likeness (QED) is 0.437. The molecule has 1 aliphatic rings. The van der Waals surface area contributed by atoms with E-state index in [1.165, 1.54) is 11.3 Å². The minimum absolute atomic E-state index is 0.0551. The number of aromatic nitrogens is 2. The van der Waals surface area contributed by atoms with Gasteiger partial charge in [-0.25, -0.2) is 0 Å². The molecule has 1 aliphatic carbocycles. The van der Waals surface area contributed by atoms with Crippen LogP contribution in [0.3, 0.4) is 0 Å². The van der Waals surface area contributed by atoms with E-state index in [1.807, 2.05) is 6.92 Å². The van der Waals surface area contributed by atoms with Gasteiger partial charge in [0.25, 0.3) is 0 Å². The Morgan fingerprint density at radius 2 is 2.33 bits per heavy atom. The van der Waals surface area contributed by atoms with Crippen molar-refractivity contribution in [1.82, 2.24) is 10.2 Å². The van der Waals surface area contributed by atoms with Crippen LogP contribution in [0, 0.1) is 0 Å². The van der Waals surface area contributed by atoms with Gasteiger partial charge in [-0.05, 0) is 19.8 Å². The van der Waals surface area contributed by atoms with E-state index in [0.717, 1.165) is 41.3 Å². The van der Waals surface area contributed by atoms with Gasteiger partial charge in [0.1, 0.15) is 0 Å². The lowest BCUT2D eigenvalue weighted by atomic mass is 10.5. The number of rotatable bonds is 7. The lowest BCUT2D eigenvalue weighted by Crippen LogP contribution is -2.30. The number of thioether (sulfide) groups is 1. The van der Waals surface area contributed by atoms with E-state index in [2.05, 4.69) is 10.2 Å². The smallest absolute Gasteiger partial charge is 0.225 e. The average molecular weight is 287 g/mol. The predicted molar refractivity (Wildman–Crippen MR) is 73.3 cm³/mol. The maximum absolute atomic E-state index is 11.6. The van der Waals surface area contributed by atoms with Gasteiger partial charge in [-0.3, -0.25) is 9.69 Å². The van der Waals surface area contributed by atoms with E-state index in [-0.39, 0.29) is 5.91 Å². The highest BCUT2D eigenvalue weighted by Gasteiger charge is 2.34. The topological polar surface area (TPSA) is 55.3 Å². The van der Waals surface area contributed by atoms with Gasteiger partial charge < -0.3 is 4.74 Å². The Kier molecular flexibility index (Phi) is 4.96. The molecular formula is C11H17N3O2S2. The molecule has 1 saturated carbocycles. The fraction of sp³-hybridized carbons (Fsp3) is 0.727. The molecule has 1 amide bonds. The zero-order chi connectivity index (χ0) is 13.0. The monoisotopic (exact) mass is 287 g/mol. The molecule has 0 N–H and O–H groups in total. The number of nitrogens with zero attached hydrogens (tertiary/aromatic N) is 3. The molecule has 100 valence electrons. The molecule has 0 radical (unpaired) electrons. The van der Waals surface area contributed by atoms with Crippen LogP contribution >= 0.6 is 23.1 Å². The zero-order valence-corrected chi connectivity index (χ0v) is 12.2. The fourth-order valence-electron chi connectivity index (χ4n) is 1.57. The molecule has 0 bridgehead atoms. The van der Waals surface area contributed by atoms with E-state index < -0.39 is 0 Å². The van der Waals surface area contributed by atoms with Crippen molar-refractivity contribution < 1.29 is 9.53 Å². The first-order valence-electron chi connectivity index (χ1n) is 6.06. The average Bonchev–Trinajstić information content (AvgIpc) is 3.04. The number of carbonyl (C=O) groups excluding carboxylic acids is 1. The Hall–Kier alpha value is -0.660. The fourth-order valence-corrected chi connectivity index (χ4v) is 3.45. The summed E-state index contributed by atoms with van der Waals surface area (Å²) < 4.78 is 6.17. The van der Waals surface area contributed by atoms with Crippen molar-refractivity contribution in [3.05, 3.63) is 0 Å². The molecule has 1 aromatic rings. The van der Waals surface area contributed by atoms with Crippen LogP contribution in [-0.2, 0) is 9.53 Å². The number of anilines is 1. The summed E-state index contributed by atoms with van der Waals surface area (Å²) in [6.45, 7) is 5.02. The first-order chi connectivity index (χ1) is 8.72. The molecule has 1 fully saturated rings. The summed E-state index contributed by atoms with van der Waals surface area (Å²) in [5, 5.41) is 8.95. The molecule has 0 spiro atoms. The van der Waals surface area contributed by atoms with Crippen molar-refractivity contribution in [3.8, 4) is 0 Å². The van der Waals surface area contributed by atoms with Crippen LogP contribution in [0.25, 0.3) is 0 Å².